The van der Waals surface area contributed by atoms with Crippen LogP contribution in [0.1, 0.15) is 55.8 Å². The number of para-hydroxylation sites is 1. The first-order chi connectivity index (χ1) is 16.5. The van der Waals surface area contributed by atoms with Crippen molar-refractivity contribution >= 4 is 23.1 Å². The molecule has 1 aromatic carbocycles. The standard InChI is InChI=1S/C27H28N4O3/c1-3-19-11-10-16-29(17-19)24-23(25(32)30(27(24)34)20-12-6-4-7-13-20)22-18(2)28-31(26(22)33)21-14-8-5-9-15-21/h5,8-11,14-17,20H,3-4,6-7,12-13H2,1-2H3/p+1. The summed E-state index contributed by atoms with van der Waals surface area (Å²) in [5, 5.41) is 3.11. The average Bonchev–Trinajstić information content (AvgIpc) is 3.30. The minimum Gasteiger partial charge on any atom is -0.295 e. The second-order valence-electron chi connectivity index (χ2n) is 9.06. The zero-order valence-corrected chi connectivity index (χ0v) is 19.6. The minimum atomic E-state index is -0.374. The topological polar surface area (TPSA) is 79.1 Å². The number of imide groups is 1. The zero-order valence-electron chi connectivity index (χ0n) is 19.6. The maximum absolute atomic E-state index is 13.9. The molecule has 1 N–H and O–H groups in total. The molecule has 0 unspecified atom stereocenters. The van der Waals surface area contributed by atoms with E-state index in [1.54, 1.807) is 17.7 Å². The van der Waals surface area contributed by atoms with Crippen molar-refractivity contribution in [2.75, 3.05) is 0 Å². The number of aryl methyl sites for hydroxylation is 2. The molecule has 1 fully saturated rings. The lowest BCUT2D eigenvalue weighted by atomic mass is 9.94. The lowest BCUT2D eigenvalue weighted by Gasteiger charge is -2.29. The molecule has 2 aliphatic rings. The Labute approximate surface area is 198 Å². The van der Waals surface area contributed by atoms with Gasteiger partial charge in [0.15, 0.2) is 12.4 Å². The van der Waals surface area contributed by atoms with Gasteiger partial charge in [-0.15, -0.1) is 0 Å². The highest BCUT2D eigenvalue weighted by molar-refractivity contribution is 6.44. The Hall–Kier alpha value is -3.74. The SMILES string of the molecule is CCc1ccc[n+](C2=C(c3c(C)[nH]n(-c4ccccc4)c3=O)C(=O)N(C3CCCCC3)C2=O)c1. The predicted octanol–water partition coefficient (Wildman–Crippen LogP) is 3.39. The van der Waals surface area contributed by atoms with Crippen LogP contribution in [0, 0.1) is 6.92 Å². The normalized spacial score (nSPS) is 17.2. The summed E-state index contributed by atoms with van der Waals surface area (Å²) in [7, 11) is 0. The van der Waals surface area contributed by atoms with Crippen LogP contribution in [0.15, 0.2) is 59.7 Å². The van der Waals surface area contributed by atoms with Gasteiger partial charge in [-0.05, 0) is 44.4 Å². The number of nitrogens with zero attached hydrogens (tertiary/aromatic N) is 3. The molecular formula is C27H29N4O3+. The lowest BCUT2D eigenvalue weighted by Crippen LogP contribution is -2.45. The van der Waals surface area contributed by atoms with Crippen LogP contribution in [0.3, 0.4) is 0 Å². The maximum Gasteiger partial charge on any atom is 0.327 e. The highest BCUT2D eigenvalue weighted by Gasteiger charge is 2.49. The Morgan fingerprint density at radius 3 is 2.41 bits per heavy atom. The summed E-state index contributed by atoms with van der Waals surface area (Å²) in [6.07, 6.45) is 9.16. The number of hydrogen-bond donors (Lipinski definition) is 1. The maximum atomic E-state index is 13.9. The van der Waals surface area contributed by atoms with Gasteiger partial charge in [0.1, 0.15) is 5.57 Å². The van der Waals surface area contributed by atoms with Crippen molar-refractivity contribution in [2.45, 2.75) is 58.4 Å². The largest absolute Gasteiger partial charge is 0.327 e. The van der Waals surface area contributed by atoms with Gasteiger partial charge in [0.25, 0.3) is 17.2 Å². The molecule has 1 aliphatic heterocycles. The van der Waals surface area contributed by atoms with Gasteiger partial charge in [0.2, 0.25) is 0 Å². The number of amides is 2. The zero-order chi connectivity index (χ0) is 23.8. The van der Waals surface area contributed by atoms with Crippen LogP contribution in [0.5, 0.6) is 0 Å². The van der Waals surface area contributed by atoms with E-state index < -0.39 is 0 Å². The molecule has 2 aromatic heterocycles. The van der Waals surface area contributed by atoms with Crippen LogP contribution in [0.2, 0.25) is 0 Å². The van der Waals surface area contributed by atoms with Crippen LogP contribution in [0.4, 0.5) is 0 Å². The number of nitrogens with one attached hydrogen (secondary N) is 1. The molecule has 0 spiro atoms. The van der Waals surface area contributed by atoms with Gasteiger partial charge < -0.3 is 0 Å². The Morgan fingerprint density at radius 1 is 0.971 bits per heavy atom. The smallest absolute Gasteiger partial charge is 0.295 e. The van der Waals surface area contributed by atoms with Crippen LogP contribution in [0.25, 0.3) is 17.0 Å². The van der Waals surface area contributed by atoms with Crippen molar-refractivity contribution in [3.05, 3.63) is 82.0 Å². The fourth-order valence-electron chi connectivity index (χ4n) is 5.14. The Morgan fingerprint density at radius 2 is 1.71 bits per heavy atom. The van der Waals surface area contributed by atoms with E-state index >= 15 is 0 Å². The summed E-state index contributed by atoms with van der Waals surface area (Å²) >= 11 is 0. The third kappa shape index (κ3) is 3.61. The Kier molecular flexibility index (Phi) is 5.77. The molecule has 0 saturated heterocycles. The number of H-pyrrole nitrogens is 1. The molecule has 3 heterocycles. The molecule has 0 atom stereocenters. The van der Waals surface area contributed by atoms with Crippen LogP contribution in [-0.4, -0.2) is 32.5 Å². The first-order valence-electron chi connectivity index (χ1n) is 12.0. The third-order valence-corrected chi connectivity index (χ3v) is 6.89. The summed E-state index contributed by atoms with van der Waals surface area (Å²) in [5.41, 5.74) is 2.62. The van der Waals surface area contributed by atoms with E-state index in [9.17, 15) is 14.4 Å². The van der Waals surface area contributed by atoms with Gasteiger partial charge in [-0.25, -0.2) is 4.68 Å². The quantitative estimate of drug-likeness (QED) is 0.471. The molecule has 5 rings (SSSR count). The van der Waals surface area contributed by atoms with Crippen molar-refractivity contribution in [1.82, 2.24) is 14.7 Å². The third-order valence-electron chi connectivity index (χ3n) is 6.89. The minimum absolute atomic E-state index is 0.133. The highest BCUT2D eigenvalue weighted by atomic mass is 16.2. The fraction of sp³-hybridized carbons (Fsp3) is 0.333. The molecule has 2 amide bonds. The van der Waals surface area contributed by atoms with Gasteiger partial charge in [0, 0.05) is 23.4 Å². The number of carbonyl (C=O) groups excluding carboxylic acids is 2. The first kappa shape index (κ1) is 22.1. The van der Waals surface area contributed by atoms with Gasteiger partial charge in [-0.3, -0.25) is 24.4 Å². The monoisotopic (exact) mass is 457 g/mol. The second-order valence-corrected chi connectivity index (χ2v) is 9.06. The van der Waals surface area contributed by atoms with E-state index in [-0.39, 0.29) is 40.2 Å². The number of pyridine rings is 1. The lowest BCUT2D eigenvalue weighted by molar-refractivity contribution is -0.577. The molecule has 1 aliphatic carbocycles. The Bertz CT molecular complexity index is 1340. The van der Waals surface area contributed by atoms with Gasteiger partial charge in [0.05, 0.1) is 11.3 Å². The number of aromatic nitrogens is 3. The van der Waals surface area contributed by atoms with Crippen molar-refractivity contribution in [3.63, 3.8) is 0 Å². The number of aromatic amines is 1. The molecule has 3 aromatic rings. The molecule has 7 heteroatoms. The molecular weight excluding hydrogens is 428 g/mol. The van der Waals surface area contributed by atoms with E-state index in [4.69, 9.17) is 0 Å². The number of hydrogen-bond acceptors (Lipinski definition) is 3. The van der Waals surface area contributed by atoms with E-state index in [1.165, 1.54) is 9.58 Å². The summed E-state index contributed by atoms with van der Waals surface area (Å²) in [6, 6.07) is 13.0. The molecule has 0 radical (unpaired) electrons. The van der Waals surface area contributed by atoms with E-state index in [0.717, 1.165) is 44.1 Å². The summed E-state index contributed by atoms with van der Waals surface area (Å²) in [5.74, 6) is -0.697. The predicted molar refractivity (Wildman–Crippen MR) is 129 cm³/mol. The summed E-state index contributed by atoms with van der Waals surface area (Å²) < 4.78 is 3.15. The van der Waals surface area contributed by atoms with Crippen molar-refractivity contribution in [3.8, 4) is 5.69 Å². The van der Waals surface area contributed by atoms with Crippen LogP contribution in [-0.2, 0) is 16.0 Å². The van der Waals surface area contributed by atoms with E-state index in [2.05, 4.69) is 5.10 Å². The van der Waals surface area contributed by atoms with Gasteiger partial charge in [-0.1, -0.05) is 44.4 Å². The molecule has 0 bridgehead atoms. The molecule has 34 heavy (non-hydrogen) atoms. The number of benzene rings is 1. The van der Waals surface area contributed by atoms with Crippen LogP contribution >= 0.6 is 0 Å². The van der Waals surface area contributed by atoms with Crippen LogP contribution < -0.4 is 10.1 Å². The summed E-state index contributed by atoms with van der Waals surface area (Å²) in [4.78, 5) is 42.7. The van der Waals surface area contributed by atoms with E-state index in [1.807, 2.05) is 55.6 Å². The summed E-state index contributed by atoms with van der Waals surface area (Å²) in [6.45, 7) is 3.81. The fourth-order valence-corrected chi connectivity index (χ4v) is 5.14. The van der Waals surface area contributed by atoms with Crippen molar-refractivity contribution < 1.29 is 14.2 Å². The van der Waals surface area contributed by atoms with Crippen molar-refractivity contribution in [2.24, 2.45) is 0 Å². The second kappa shape index (κ2) is 8.89. The van der Waals surface area contributed by atoms with E-state index in [0.29, 0.717) is 11.4 Å². The van der Waals surface area contributed by atoms with Gasteiger partial charge >= 0.3 is 5.91 Å². The molecule has 7 nitrogen and oxygen atoms in total. The Balaban J connectivity index is 1.72. The van der Waals surface area contributed by atoms with Crippen molar-refractivity contribution in [1.29, 1.82) is 0 Å². The number of rotatable bonds is 5. The average molecular weight is 458 g/mol. The first-order valence-corrected chi connectivity index (χ1v) is 12.0. The highest BCUT2D eigenvalue weighted by Crippen LogP contribution is 2.34. The molecule has 174 valence electrons. The van der Waals surface area contributed by atoms with Gasteiger partial charge in [-0.2, -0.15) is 4.57 Å². The number of carbonyl (C=O) groups is 2. The molecule has 1 saturated carbocycles.